The smallest absolute Gasteiger partial charge is 0.296 e. The summed E-state index contributed by atoms with van der Waals surface area (Å²) in [5.74, 6) is 0. The first kappa shape index (κ1) is 13.8. The van der Waals surface area contributed by atoms with Crippen molar-refractivity contribution in [1.82, 2.24) is 9.80 Å². The molecule has 1 aliphatic heterocycles. The largest absolute Gasteiger partial charge is 0.403 e. The molecule has 0 aromatic carbocycles. The number of nitrogens with zero attached hydrogens (tertiary/aromatic N) is 2. The van der Waals surface area contributed by atoms with Gasteiger partial charge in [-0.05, 0) is 27.7 Å². The third-order valence-electron chi connectivity index (χ3n) is 3.28. The summed E-state index contributed by atoms with van der Waals surface area (Å²) >= 11 is 0. The lowest BCUT2D eigenvalue weighted by Crippen LogP contribution is -2.57. The van der Waals surface area contributed by atoms with Crippen LogP contribution in [-0.4, -0.2) is 53.7 Å². The van der Waals surface area contributed by atoms with Crippen molar-refractivity contribution >= 4 is 0 Å². The molecule has 0 saturated carbocycles. The Hall–Kier alpha value is -0.290. The number of alkyl halides is 3. The highest BCUT2D eigenvalue weighted by Gasteiger charge is 2.41. The molecule has 0 spiro atoms. The predicted octanol–water partition coefficient (Wildman–Crippen LogP) is 2.35. The normalized spacial score (nSPS) is 23.4. The van der Waals surface area contributed by atoms with Gasteiger partial charge in [-0.3, -0.25) is 9.80 Å². The maximum Gasteiger partial charge on any atom is 0.403 e. The molecule has 96 valence electrons. The lowest BCUT2D eigenvalue weighted by atomic mass is 10.0. The monoisotopic (exact) mass is 238 g/mol. The summed E-state index contributed by atoms with van der Waals surface area (Å²) in [7, 11) is 0. The first-order chi connectivity index (χ1) is 7.12. The Labute approximate surface area is 95.4 Å². The van der Waals surface area contributed by atoms with E-state index in [1.54, 1.807) is 0 Å². The maximum atomic E-state index is 12.5. The van der Waals surface area contributed by atoms with Gasteiger partial charge in [-0.25, -0.2) is 0 Å². The zero-order chi connectivity index (χ0) is 12.6. The number of halogens is 3. The van der Waals surface area contributed by atoms with Crippen LogP contribution in [0.25, 0.3) is 0 Å². The van der Waals surface area contributed by atoms with Crippen LogP contribution in [0.2, 0.25) is 0 Å². The van der Waals surface area contributed by atoms with Crippen molar-refractivity contribution in [3.05, 3.63) is 0 Å². The van der Waals surface area contributed by atoms with E-state index in [1.165, 1.54) is 11.8 Å². The Morgan fingerprint density at radius 2 is 1.38 bits per heavy atom. The van der Waals surface area contributed by atoms with Gasteiger partial charge in [-0.1, -0.05) is 0 Å². The molecule has 0 aromatic heterocycles. The second-order valence-electron chi connectivity index (χ2n) is 5.41. The molecule has 5 heteroatoms. The van der Waals surface area contributed by atoms with E-state index in [0.29, 0.717) is 26.2 Å². The summed E-state index contributed by atoms with van der Waals surface area (Å²) in [6.07, 6.45) is -4.11. The van der Waals surface area contributed by atoms with E-state index in [1.807, 2.05) is 0 Å². The van der Waals surface area contributed by atoms with Crippen LogP contribution in [0, 0.1) is 0 Å². The van der Waals surface area contributed by atoms with E-state index in [0.717, 1.165) is 0 Å². The van der Waals surface area contributed by atoms with E-state index in [4.69, 9.17) is 0 Å². The van der Waals surface area contributed by atoms with E-state index < -0.39 is 12.2 Å². The van der Waals surface area contributed by atoms with Crippen LogP contribution in [-0.2, 0) is 0 Å². The van der Waals surface area contributed by atoms with E-state index in [9.17, 15) is 13.2 Å². The lowest BCUT2D eigenvalue weighted by molar-refractivity contribution is -0.183. The highest BCUT2D eigenvalue weighted by molar-refractivity contribution is 4.85. The van der Waals surface area contributed by atoms with Gasteiger partial charge >= 0.3 is 6.18 Å². The lowest BCUT2D eigenvalue weighted by Gasteiger charge is -2.44. The third kappa shape index (κ3) is 3.35. The number of piperazine rings is 1. The molecule has 0 aromatic rings. The zero-order valence-corrected chi connectivity index (χ0v) is 10.4. The minimum atomic E-state index is -4.11. The Morgan fingerprint density at radius 3 is 1.69 bits per heavy atom. The molecule has 0 N–H and O–H groups in total. The highest BCUT2D eigenvalue weighted by Crippen LogP contribution is 2.26. The Kier molecular flexibility index (Phi) is 3.90. The fraction of sp³-hybridized carbons (Fsp3) is 1.00. The molecular weight excluding hydrogens is 217 g/mol. The average molecular weight is 238 g/mol. The van der Waals surface area contributed by atoms with Gasteiger partial charge in [-0.2, -0.15) is 13.2 Å². The SMILES string of the molecule is CC(N1CCN(C(C)(C)C)CC1)C(F)(F)F. The predicted molar refractivity (Wildman–Crippen MR) is 58.4 cm³/mol. The van der Waals surface area contributed by atoms with Gasteiger partial charge in [0, 0.05) is 31.7 Å². The van der Waals surface area contributed by atoms with Crippen LogP contribution < -0.4 is 0 Å². The molecule has 0 bridgehead atoms. The second-order valence-corrected chi connectivity index (χ2v) is 5.41. The van der Waals surface area contributed by atoms with Gasteiger partial charge in [0.15, 0.2) is 0 Å². The zero-order valence-electron chi connectivity index (χ0n) is 10.4. The molecule has 1 heterocycles. The summed E-state index contributed by atoms with van der Waals surface area (Å²) in [6, 6.07) is -1.32. The van der Waals surface area contributed by atoms with Crippen LogP contribution in [0.15, 0.2) is 0 Å². The molecule has 0 amide bonds. The molecule has 0 aliphatic carbocycles. The molecule has 1 rings (SSSR count). The molecule has 1 atom stereocenters. The molecule has 2 nitrogen and oxygen atoms in total. The van der Waals surface area contributed by atoms with Crippen LogP contribution in [0.4, 0.5) is 13.2 Å². The summed E-state index contributed by atoms with van der Waals surface area (Å²) in [5, 5.41) is 0. The van der Waals surface area contributed by atoms with Gasteiger partial charge in [0.2, 0.25) is 0 Å². The van der Waals surface area contributed by atoms with Gasteiger partial charge in [0.25, 0.3) is 0 Å². The first-order valence-corrected chi connectivity index (χ1v) is 5.68. The minimum absolute atomic E-state index is 0.0492. The number of rotatable bonds is 1. The molecule has 0 radical (unpaired) electrons. The number of hydrogen-bond donors (Lipinski definition) is 0. The van der Waals surface area contributed by atoms with E-state index >= 15 is 0 Å². The van der Waals surface area contributed by atoms with E-state index in [-0.39, 0.29) is 5.54 Å². The van der Waals surface area contributed by atoms with Gasteiger partial charge in [-0.15, -0.1) is 0 Å². The highest BCUT2D eigenvalue weighted by atomic mass is 19.4. The van der Waals surface area contributed by atoms with Gasteiger partial charge in [0.05, 0.1) is 0 Å². The Bertz CT molecular complexity index is 224. The molecule has 1 saturated heterocycles. The molecule has 16 heavy (non-hydrogen) atoms. The minimum Gasteiger partial charge on any atom is -0.296 e. The quantitative estimate of drug-likeness (QED) is 0.692. The van der Waals surface area contributed by atoms with Crippen LogP contribution >= 0.6 is 0 Å². The van der Waals surface area contributed by atoms with Crippen molar-refractivity contribution in [2.45, 2.75) is 45.5 Å². The summed E-state index contributed by atoms with van der Waals surface area (Å²) in [5.41, 5.74) is 0.0492. The van der Waals surface area contributed by atoms with Crippen molar-refractivity contribution in [3.8, 4) is 0 Å². The fourth-order valence-electron chi connectivity index (χ4n) is 1.99. The molecule has 1 unspecified atom stereocenters. The molecule has 1 fully saturated rings. The van der Waals surface area contributed by atoms with Crippen LogP contribution in [0.5, 0.6) is 0 Å². The molecular formula is C11H21F3N2. The van der Waals surface area contributed by atoms with Crippen LogP contribution in [0.3, 0.4) is 0 Å². The Morgan fingerprint density at radius 1 is 0.938 bits per heavy atom. The third-order valence-corrected chi connectivity index (χ3v) is 3.28. The van der Waals surface area contributed by atoms with E-state index in [2.05, 4.69) is 25.7 Å². The topological polar surface area (TPSA) is 6.48 Å². The van der Waals surface area contributed by atoms with Crippen molar-refractivity contribution in [2.24, 2.45) is 0 Å². The van der Waals surface area contributed by atoms with Crippen molar-refractivity contribution in [1.29, 1.82) is 0 Å². The first-order valence-electron chi connectivity index (χ1n) is 5.68. The second kappa shape index (κ2) is 4.53. The summed E-state index contributed by atoms with van der Waals surface area (Å²) in [4.78, 5) is 3.74. The summed E-state index contributed by atoms with van der Waals surface area (Å²) < 4.78 is 37.5. The van der Waals surface area contributed by atoms with Crippen LogP contribution in [0.1, 0.15) is 27.7 Å². The maximum absolute atomic E-state index is 12.5. The van der Waals surface area contributed by atoms with Gasteiger partial charge in [0.1, 0.15) is 6.04 Å². The molecule has 1 aliphatic rings. The average Bonchev–Trinajstić information content (AvgIpc) is 2.14. The Balaban J connectivity index is 2.50. The van der Waals surface area contributed by atoms with Crippen molar-refractivity contribution in [3.63, 3.8) is 0 Å². The van der Waals surface area contributed by atoms with Crippen molar-refractivity contribution in [2.75, 3.05) is 26.2 Å². The van der Waals surface area contributed by atoms with Gasteiger partial charge < -0.3 is 0 Å². The standard InChI is InChI=1S/C11H21F3N2/c1-9(11(12,13)14)15-5-7-16(8-6-15)10(2,3)4/h9H,5-8H2,1-4H3. The summed E-state index contributed by atoms with van der Waals surface area (Å²) in [6.45, 7) is 9.94. The fourth-order valence-corrected chi connectivity index (χ4v) is 1.99. The number of hydrogen-bond acceptors (Lipinski definition) is 2. The van der Waals surface area contributed by atoms with Crippen molar-refractivity contribution < 1.29 is 13.2 Å².